The van der Waals surface area contributed by atoms with E-state index < -0.39 is 0 Å². The van der Waals surface area contributed by atoms with Gasteiger partial charge in [-0.1, -0.05) is 50.2 Å². The quantitative estimate of drug-likeness (QED) is 0.498. The predicted molar refractivity (Wildman–Crippen MR) is 110 cm³/mol. The van der Waals surface area contributed by atoms with Crippen molar-refractivity contribution in [2.75, 3.05) is 6.61 Å². The Kier molecular flexibility index (Phi) is 4.79. The third kappa shape index (κ3) is 3.34. The minimum Gasteiger partial charge on any atom is -0.394 e. The molecule has 2 aromatic carbocycles. The SMILES string of the molecule is CC(C)C(CO)NC(=O)c1cnc2n[nH]c(-c3ccc4ccccc4c3)c2c1. The molecule has 4 rings (SSSR count). The van der Waals surface area contributed by atoms with Crippen LogP contribution < -0.4 is 5.32 Å². The molecule has 0 saturated carbocycles. The summed E-state index contributed by atoms with van der Waals surface area (Å²) in [4.78, 5) is 16.9. The van der Waals surface area contributed by atoms with Gasteiger partial charge in [0.1, 0.15) is 0 Å². The van der Waals surface area contributed by atoms with Gasteiger partial charge in [0.15, 0.2) is 5.65 Å². The van der Waals surface area contributed by atoms with Crippen molar-refractivity contribution in [3.63, 3.8) is 0 Å². The van der Waals surface area contributed by atoms with Gasteiger partial charge in [-0.15, -0.1) is 0 Å². The second kappa shape index (κ2) is 7.40. The van der Waals surface area contributed by atoms with Gasteiger partial charge in [0.2, 0.25) is 0 Å². The van der Waals surface area contributed by atoms with Gasteiger partial charge in [0, 0.05) is 17.1 Å². The Morgan fingerprint density at radius 1 is 1.14 bits per heavy atom. The summed E-state index contributed by atoms with van der Waals surface area (Å²) in [5, 5.41) is 22.7. The smallest absolute Gasteiger partial charge is 0.253 e. The highest BCUT2D eigenvalue weighted by atomic mass is 16.3. The fourth-order valence-electron chi connectivity index (χ4n) is 3.26. The van der Waals surface area contributed by atoms with Gasteiger partial charge in [-0.05, 0) is 28.8 Å². The molecule has 0 aliphatic carbocycles. The third-order valence-corrected chi connectivity index (χ3v) is 5.03. The number of nitrogens with zero attached hydrogens (tertiary/aromatic N) is 2. The molecule has 0 radical (unpaired) electrons. The number of aromatic nitrogens is 3. The van der Waals surface area contributed by atoms with Gasteiger partial charge in [-0.3, -0.25) is 9.89 Å². The monoisotopic (exact) mass is 374 g/mol. The minimum atomic E-state index is -0.299. The Hall–Kier alpha value is -3.25. The van der Waals surface area contributed by atoms with E-state index >= 15 is 0 Å². The molecule has 0 fully saturated rings. The molecule has 6 heteroatoms. The summed E-state index contributed by atoms with van der Waals surface area (Å²) in [6.45, 7) is 3.81. The fraction of sp³-hybridized carbons (Fsp3) is 0.227. The zero-order valence-corrected chi connectivity index (χ0v) is 15.8. The van der Waals surface area contributed by atoms with Crippen LogP contribution in [0, 0.1) is 5.92 Å². The van der Waals surface area contributed by atoms with Gasteiger partial charge in [-0.2, -0.15) is 5.10 Å². The lowest BCUT2D eigenvalue weighted by molar-refractivity contribution is 0.0896. The maximum Gasteiger partial charge on any atom is 0.253 e. The average molecular weight is 374 g/mol. The second-order valence-corrected chi connectivity index (χ2v) is 7.26. The molecule has 142 valence electrons. The van der Waals surface area contributed by atoms with Crippen LogP contribution in [0.4, 0.5) is 0 Å². The molecule has 1 unspecified atom stereocenters. The van der Waals surface area contributed by atoms with Gasteiger partial charge in [0.25, 0.3) is 5.91 Å². The molecule has 6 nitrogen and oxygen atoms in total. The van der Waals surface area contributed by atoms with Crippen LogP contribution >= 0.6 is 0 Å². The number of pyridine rings is 1. The number of amides is 1. The van der Waals surface area contributed by atoms with Crippen molar-refractivity contribution >= 4 is 27.7 Å². The first-order valence-corrected chi connectivity index (χ1v) is 9.32. The van der Waals surface area contributed by atoms with Gasteiger partial charge in [0.05, 0.1) is 23.9 Å². The maximum atomic E-state index is 12.6. The minimum absolute atomic E-state index is 0.104. The van der Waals surface area contributed by atoms with E-state index in [1.54, 1.807) is 6.07 Å². The number of rotatable bonds is 5. The van der Waals surface area contributed by atoms with Crippen LogP contribution in [0.5, 0.6) is 0 Å². The first-order chi connectivity index (χ1) is 13.6. The fourth-order valence-corrected chi connectivity index (χ4v) is 3.26. The number of aromatic amines is 1. The summed E-state index contributed by atoms with van der Waals surface area (Å²) in [7, 11) is 0. The van der Waals surface area contributed by atoms with Gasteiger partial charge in [-0.25, -0.2) is 4.98 Å². The van der Waals surface area contributed by atoms with E-state index in [2.05, 4.69) is 44.8 Å². The molecule has 3 N–H and O–H groups in total. The van der Waals surface area contributed by atoms with Crippen LogP contribution in [0.1, 0.15) is 24.2 Å². The Morgan fingerprint density at radius 2 is 1.93 bits per heavy atom. The Morgan fingerprint density at radius 3 is 2.68 bits per heavy atom. The summed E-state index contributed by atoms with van der Waals surface area (Å²) >= 11 is 0. The van der Waals surface area contributed by atoms with Crippen molar-refractivity contribution < 1.29 is 9.90 Å². The van der Waals surface area contributed by atoms with Crippen LogP contribution in [-0.4, -0.2) is 38.8 Å². The highest BCUT2D eigenvalue weighted by Crippen LogP contribution is 2.28. The first kappa shape index (κ1) is 18.1. The molecule has 1 amide bonds. The summed E-state index contributed by atoms with van der Waals surface area (Å²) < 4.78 is 0. The van der Waals surface area contributed by atoms with Crippen molar-refractivity contribution in [3.8, 4) is 11.3 Å². The van der Waals surface area contributed by atoms with E-state index in [0.717, 1.165) is 27.4 Å². The molecule has 1 atom stereocenters. The molecule has 0 saturated heterocycles. The van der Waals surface area contributed by atoms with Crippen LogP contribution in [0.15, 0.2) is 54.7 Å². The topological polar surface area (TPSA) is 90.9 Å². The van der Waals surface area contributed by atoms with Crippen LogP contribution in [0.25, 0.3) is 33.1 Å². The summed E-state index contributed by atoms with van der Waals surface area (Å²) in [6.07, 6.45) is 1.51. The number of hydrogen-bond donors (Lipinski definition) is 3. The van der Waals surface area contributed by atoms with Gasteiger partial charge >= 0.3 is 0 Å². The highest BCUT2D eigenvalue weighted by Gasteiger charge is 2.18. The number of fused-ring (bicyclic) bond motifs is 2. The molecular formula is C22H22N4O2. The van der Waals surface area contributed by atoms with Crippen LogP contribution in [0.2, 0.25) is 0 Å². The van der Waals surface area contributed by atoms with E-state index in [1.807, 2.05) is 32.0 Å². The highest BCUT2D eigenvalue weighted by molar-refractivity contribution is 6.01. The number of carbonyl (C=O) groups is 1. The third-order valence-electron chi connectivity index (χ3n) is 5.03. The molecule has 0 aliphatic rings. The number of H-pyrrole nitrogens is 1. The Bertz CT molecular complexity index is 1150. The number of aliphatic hydroxyl groups excluding tert-OH is 1. The molecular weight excluding hydrogens is 352 g/mol. The Labute approximate surface area is 162 Å². The molecule has 2 aromatic heterocycles. The molecule has 4 aromatic rings. The van der Waals surface area contributed by atoms with Crippen molar-refractivity contribution in [2.45, 2.75) is 19.9 Å². The maximum absolute atomic E-state index is 12.6. The van der Waals surface area contributed by atoms with E-state index in [1.165, 1.54) is 6.20 Å². The van der Waals surface area contributed by atoms with Gasteiger partial charge < -0.3 is 10.4 Å². The average Bonchev–Trinajstić information content (AvgIpc) is 3.14. The summed E-state index contributed by atoms with van der Waals surface area (Å²) in [6, 6.07) is 15.8. The van der Waals surface area contributed by atoms with E-state index in [9.17, 15) is 9.90 Å². The predicted octanol–water partition coefficient (Wildman–Crippen LogP) is 3.52. The van der Waals surface area contributed by atoms with Crippen LogP contribution in [-0.2, 0) is 0 Å². The molecule has 0 aliphatic heterocycles. The van der Waals surface area contributed by atoms with Crippen molar-refractivity contribution in [2.24, 2.45) is 5.92 Å². The zero-order valence-electron chi connectivity index (χ0n) is 15.8. The normalized spacial score (nSPS) is 12.6. The largest absolute Gasteiger partial charge is 0.394 e. The van der Waals surface area contributed by atoms with Crippen molar-refractivity contribution in [1.82, 2.24) is 20.5 Å². The first-order valence-electron chi connectivity index (χ1n) is 9.32. The molecule has 0 bridgehead atoms. The van der Waals surface area contributed by atoms with E-state index in [-0.39, 0.29) is 24.5 Å². The number of aliphatic hydroxyl groups is 1. The van der Waals surface area contributed by atoms with Crippen molar-refractivity contribution in [3.05, 3.63) is 60.3 Å². The molecule has 28 heavy (non-hydrogen) atoms. The number of benzene rings is 2. The lowest BCUT2D eigenvalue weighted by atomic mass is 10.0. The van der Waals surface area contributed by atoms with E-state index in [4.69, 9.17) is 0 Å². The molecule has 2 heterocycles. The zero-order chi connectivity index (χ0) is 19.7. The summed E-state index contributed by atoms with van der Waals surface area (Å²) in [5.74, 6) is -0.125. The number of hydrogen-bond acceptors (Lipinski definition) is 4. The Balaban J connectivity index is 1.72. The summed E-state index contributed by atoms with van der Waals surface area (Å²) in [5.41, 5.74) is 2.80. The lowest BCUT2D eigenvalue weighted by Crippen LogP contribution is -2.41. The number of carbonyl (C=O) groups excluding carboxylic acids is 1. The lowest BCUT2D eigenvalue weighted by Gasteiger charge is -2.19. The van der Waals surface area contributed by atoms with Crippen LogP contribution in [0.3, 0.4) is 0 Å². The molecule has 0 spiro atoms. The van der Waals surface area contributed by atoms with E-state index in [0.29, 0.717) is 11.2 Å². The second-order valence-electron chi connectivity index (χ2n) is 7.26. The number of nitrogens with one attached hydrogen (secondary N) is 2. The van der Waals surface area contributed by atoms with Crippen molar-refractivity contribution in [1.29, 1.82) is 0 Å². The standard InChI is InChI=1S/C22H22N4O2/c1-13(2)19(12-27)24-22(28)17-10-18-20(25-26-21(18)23-11-17)16-8-7-14-5-3-4-6-15(14)9-16/h3-11,13,19,27H,12H2,1-2H3,(H,24,28)(H,23,25,26).